The second-order valence-corrected chi connectivity index (χ2v) is 5.00. The van der Waals surface area contributed by atoms with Crippen LogP contribution in [0.5, 0.6) is 0 Å². The summed E-state index contributed by atoms with van der Waals surface area (Å²) in [6.45, 7) is 2.24. The van der Waals surface area contributed by atoms with Gasteiger partial charge in [-0.2, -0.15) is 13.2 Å². The van der Waals surface area contributed by atoms with Crippen molar-refractivity contribution in [3.63, 3.8) is 0 Å². The average Bonchev–Trinajstić information content (AvgIpc) is 2.71. The minimum Gasteiger partial charge on any atom is -0.322 e. The minimum absolute atomic E-state index is 0.0702. The average molecular weight is 286 g/mol. The van der Waals surface area contributed by atoms with Crippen molar-refractivity contribution in [1.29, 1.82) is 0 Å². The molecule has 1 heterocycles. The van der Waals surface area contributed by atoms with Crippen LogP contribution >= 0.6 is 0 Å². The summed E-state index contributed by atoms with van der Waals surface area (Å²) in [6, 6.07) is 7.63. The summed E-state index contributed by atoms with van der Waals surface area (Å²) in [5.41, 5.74) is 2.00. The minimum atomic E-state index is -4.17. The summed E-state index contributed by atoms with van der Waals surface area (Å²) >= 11 is 0. The molecule has 1 N–H and O–H groups in total. The van der Waals surface area contributed by atoms with Gasteiger partial charge >= 0.3 is 6.18 Å². The fourth-order valence-corrected chi connectivity index (χ4v) is 2.29. The van der Waals surface area contributed by atoms with Crippen LogP contribution in [0.25, 0.3) is 0 Å². The number of halogens is 3. The van der Waals surface area contributed by atoms with E-state index in [1.165, 1.54) is 4.90 Å². The smallest absolute Gasteiger partial charge is 0.322 e. The van der Waals surface area contributed by atoms with E-state index >= 15 is 0 Å². The van der Waals surface area contributed by atoms with Crippen molar-refractivity contribution < 1.29 is 18.0 Å². The monoisotopic (exact) mass is 286 g/mol. The summed E-state index contributed by atoms with van der Waals surface area (Å²) < 4.78 is 36.5. The van der Waals surface area contributed by atoms with Crippen LogP contribution in [0.15, 0.2) is 24.3 Å². The van der Waals surface area contributed by atoms with Gasteiger partial charge in [0.1, 0.15) is 6.17 Å². The Bertz CT molecular complexity index is 470. The molecule has 6 heteroatoms. The maximum absolute atomic E-state index is 12.2. The van der Waals surface area contributed by atoms with Gasteiger partial charge in [0.15, 0.2) is 0 Å². The van der Waals surface area contributed by atoms with E-state index in [9.17, 15) is 18.0 Å². The van der Waals surface area contributed by atoms with Crippen molar-refractivity contribution >= 4 is 5.91 Å². The van der Waals surface area contributed by atoms with Crippen LogP contribution in [0.4, 0.5) is 13.2 Å². The molecule has 2 rings (SSSR count). The fourth-order valence-electron chi connectivity index (χ4n) is 2.29. The second-order valence-electron chi connectivity index (χ2n) is 5.00. The van der Waals surface area contributed by atoms with E-state index in [1.54, 1.807) is 0 Å². The number of carbonyl (C=O) groups excluding carboxylic acids is 1. The lowest BCUT2D eigenvalue weighted by Crippen LogP contribution is -2.31. The molecule has 1 atom stereocenters. The molecular formula is C14H17F3N2O. The number of amides is 1. The lowest BCUT2D eigenvalue weighted by Gasteiger charge is -2.25. The van der Waals surface area contributed by atoms with E-state index in [4.69, 9.17) is 0 Å². The molecule has 1 aliphatic heterocycles. The van der Waals surface area contributed by atoms with Gasteiger partial charge in [0.25, 0.3) is 0 Å². The van der Waals surface area contributed by atoms with E-state index < -0.39 is 12.6 Å². The SMILES string of the molecule is Cc1ccc(C2NCC(=O)N2CCCC(F)(F)F)cc1. The van der Waals surface area contributed by atoms with Crippen LogP contribution < -0.4 is 5.32 Å². The highest BCUT2D eigenvalue weighted by Crippen LogP contribution is 2.26. The number of nitrogens with one attached hydrogen (secondary N) is 1. The molecule has 1 aliphatic rings. The molecule has 20 heavy (non-hydrogen) atoms. The Balaban J connectivity index is 2.01. The van der Waals surface area contributed by atoms with E-state index in [1.807, 2.05) is 31.2 Å². The van der Waals surface area contributed by atoms with Crippen LogP contribution in [-0.2, 0) is 4.79 Å². The molecule has 0 bridgehead atoms. The van der Waals surface area contributed by atoms with Gasteiger partial charge in [-0.3, -0.25) is 10.1 Å². The molecule has 0 saturated carbocycles. The van der Waals surface area contributed by atoms with Gasteiger partial charge in [-0.25, -0.2) is 0 Å². The van der Waals surface area contributed by atoms with Crippen LogP contribution in [0.1, 0.15) is 30.1 Å². The van der Waals surface area contributed by atoms with Crippen LogP contribution in [0, 0.1) is 6.92 Å². The van der Waals surface area contributed by atoms with Crippen molar-refractivity contribution in [3.8, 4) is 0 Å². The first-order chi connectivity index (χ1) is 9.37. The van der Waals surface area contributed by atoms with Crippen LogP contribution in [0.2, 0.25) is 0 Å². The van der Waals surface area contributed by atoms with Crippen molar-refractivity contribution in [2.75, 3.05) is 13.1 Å². The van der Waals surface area contributed by atoms with E-state index in [0.717, 1.165) is 11.1 Å². The Morgan fingerprint density at radius 3 is 2.55 bits per heavy atom. The van der Waals surface area contributed by atoms with Crippen molar-refractivity contribution in [3.05, 3.63) is 35.4 Å². The van der Waals surface area contributed by atoms with Crippen molar-refractivity contribution in [2.45, 2.75) is 32.1 Å². The lowest BCUT2D eigenvalue weighted by molar-refractivity contribution is -0.139. The summed E-state index contributed by atoms with van der Waals surface area (Å²) in [7, 11) is 0. The molecule has 110 valence electrons. The van der Waals surface area contributed by atoms with Gasteiger partial charge in [-0.1, -0.05) is 29.8 Å². The number of hydrogen-bond donors (Lipinski definition) is 1. The molecule has 0 radical (unpaired) electrons. The van der Waals surface area contributed by atoms with Crippen molar-refractivity contribution in [2.24, 2.45) is 0 Å². The Labute approximate surface area is 115 Å². The second kappa shape index (κ2) is 5.83. The Kier molecular flexibility index (Phi) is 4.32. The first kappa shape index (κ1) is 14.8. The number of nitrogens with zero attached hydrogens (tertiary/aromatic N) is 1. The van der Waals surface area contributed by atoms with Gasteiger partial charge < -0.3 is 4.90 Å². The highest BCUT2D eigenvalue weighted by atomic mass is 19.4. The Hall–Kier alpha value is -1.56. The largest absolute Gasteiger partial charge is 0.389 e. The van der Waals surface area contributed by atoms with Gasteiger partial charge in [-0.05, 0) is 18.9 Å². The zero-order valence-corrected chi connectivity index (χ0v) is 11.2. The van der Waals surface area contributed by atoms with E-state index in [-0.39, 0.29) is 31.6 Å². The topological polar surface area (TPSA) is 32.3 Å². The van der Waals surface area contributed by atoms with Crippen molar-refractivity contribution in [1.82, 2.24) is 10.2 Å². The summed E-state index contributed by atoms with van der Waals surface area (Å²) in [5, 5.41) is 3.03. The van der Waals surface area contributed by atoms with Gasteiger partial charge in [0, 0.05) is 13.0 Å². The molecule has 1 aromatic rings. The third kappa shape index (κ3) is 3.72. The van der Waals surface area contributed by atoms with Crippen LogP contribution in [-0.4, -0.2) is 30.1 Å². The molecular weight excluding hydrogens is 269 g/mol. The molecule has 1 unspecified atom stereocenters. The number of carbonyl (C=O) groups is 1. The zero-order chi connectivity index (χ0) is 14.8. The summed E-state index contributed by atoms with van der Waals surface area (Å²) in [5.74, 6) is -0.155. The van der Waals surface area contributed by atoms with E-state index in [2.05, 4.69) is 5.32 Å². The quantitative estimate of drug-likeness (QED) is 0.923. The Morgan fingerprint density at radius 2 is 1.95 bits per heavy atom. The standard InChI is InChI=1S/C14H17F3N2O/c1-10-3-5-11(6-4-10)13-18-9-12(20)19(13)8-2-7-14(15,16)17/h3-6,13,18H,2,7-9H2,1H3. The molecule has 0 aliphatic carbocycles. The predicted octanol–water partition coefficient (Wildman–Crippen LogP) is 2.77. The molecule has 1 aromatic carbocycles. The molecule has 1 fully saturated rings. The van der Waals surface area contributed by atoms with Gasteiger partial charge in [0.05, 0.1) is 6.54 Å². The summed E-state index contributed by atoms with van der Waals surface area (Å²) in [6.07, 6.45) is -5.43. The maximum Gasteiger partial charge on any atom is 0.389 e. The lowest BCUT2D eigenvalue weighted by atomic mass is 10.1. The van der Waals surface area contributed by atoms with E-state index in [0.29, 0.717) is 0 Å². The molecule has 0 aromatic heterocycles. The van der Waals surface area contributed by atoms with Gasteiger partial charge in [-0.15, -0.1) is 0 Å². The number of benzene rings is 1. The molecule has 0 spiro atoms. The first-order valence-corrected chi connectivity index (χ1v) is 6.53. The van der Waals surface area contributed by atoms with Crippen LogP contribution in [0.3, 0.4) is 0 Å². The number of aryl methyl sites for hydroxylation is 1. The molecule has 3 nitrogen and oxygen atoms in total. The first-order valence-electron chi connectivity index (χ1n) is 6.53. The molecule has 1 saturated heterocycles. The zero-order valence-electron chi connectivity index (χ0n) is 11.2. The van der Waals surface area contributed by atoms with Gasteiger partial charge in [0.2, 0.25) is 5.91 Å². The predicted molar refractivity (Wildman–Crippen MR) is 68.9 cm³/mol. The number of hydrogen-bond acceptors (Lipinski definition) is 2. The highest BCUT2D eigenvalue weighted by Gasteiger charge is 2.33. The fraction of sp³-hybridized carbons (Fsp3) is 0.500. The Morgan fingerprint density at radius 1 is 1.30 bits per heavy atom. The maximum atomic E-state index is 12.2. The highest BCUT2D eigenvalue weighted by molar-refractivity contribution is 5.80. The number of alkyl halides is 3. The third-order valence-corrected chi connectivity index (χ3v) is 3.33. The normalized spacial score (nSPS) is 19.7. The molecule has 1 amide bonds. The number of rotatable bonds is 4. The summed E-state index contributed by atoms with van der Waals surface area (Å²) in [4.78, 5) is 13.2. The third-order valence-electron chi connectivity index (χ3n) is 3.33.